The third-order valence-corrected chi connectivity index (χ3v) is 4.78. The molecule has 1 saturated heterocycles. The van der Waals surface area contributed by atoms with E-state index in [2.05, 4.69) is 22.9 Å². The Morgan fingerprint density at radius 2 is 2.33 bits per heavy atom. The fourth-order valence-electron chi connectivity index (χ4n) is 2.65. The summed E-state index contributed by atoms with van der Waals surface area (Å²) in [4.78, 5) is 1.40. The quantitative estimate of drug-likeness (QED) is 0.610. The van der Waals surface area contributed by atoms with Crippen molar-refractivity contribution < 1.29 is 9.47 Å². The van der Waals surface area contributed by atoms with Gasteiger partial charge in [0.1, 0.15) is 0 Å². The molecule has 1 fully saturated rings. The summed E-state index contributed by atoms with van der Waals surface area (Å²) in [7, 11) is 1.78. The van der Waals surface area contributed by atoms with Crippen LogP contribution in [0.2, 0.25) is 0 Å². The highest BCUT2D eigenvalue weighted by Gasteiger charge is 2.39. The van der Waals surface area contributed by atoms with Crippen LogP contribution in [0.5, 0.6) is 0 Å². The monoisotopic (exact) mass is 270 g/mol. The van der Waals surface area contributed by atoms with Crippen LogP contribution in [-0.4, -0.2) is 32.0 Å². The van der Waals surface area contributed by atoms with E-state index in [1.165, 1.54) is 4.88 Å². The Labute approximate surface area is 112 Å². The van der Waals surface area contributed by atoms with Crippen molar-refractivity contribution in [2.75, 3.05) is 20.3 Å². The summed E-state index contributed by atoms with van der Waals surface area (Å²) in [5, 5.41) is 2.11. The predicted molar refractivity (Wildman–Crippen MR) is 73.5 cm³/mol. The molecule has 18 heavy (non-hydrogen) atoms. The van der Waals surface area contributed by atoms with Crippen LogP contribution in [0.3, 0.4) is 0 Å². The molecule has 2 heterocycles. The Bertz CT molecular complexity index is 337. The third kappa shape index (κ3) is 3.10. The third-order valence-electron chi connectivity index (χ3n) is 3.84. The summed E-state index contributed by atoms with van der Waals surface area (Å²) < 4.78 is 11.2. The minimum absolute atomic E-state index is 0.175. The topological polar surface area (TPSA) is 56.5 Å². The normalized spacial score (nSPS) is 20.8. The van der Waals surface area contributed by atoms with E-state index >= 15 is 0 Å². The molecular formula is C13H22N2O2S. The van der Waals surface area contributed by atoms with Gasteiger partial charge in [-0.1, -0.05) is 6.07 Å². The molecule has 102 valence electrons. The van der Waals surface area contributed by atoms with Crippen molar-refractivity contribution >= 4 is 11.3 Å². The first-order valence-corrected chi connectivity index (χ1v) is 7.30. The number of hydrogen-bond acceptors (Lipinski definition) is 5. The predicted octanol–water partition coefficient (Wildman–Crippen LogP) is 1.71. The number of nitrogens with two attached hydrogens (primary N) is 1. The molecule has 2 rings (SSSR count). The zero-order valence-corrected chi connectivity index (χ0v) is 11.7. The van der Waals surface area contributed by atoms with Crippen LogP contribution in [0.4, 0.5) is 0 Å². The van der Waals surface area contributed by atoms with Gasteiger partial charge in [-0.3, -0.25) is 11.3 Å². The fourth-order valence-corrected chi connectivity index (χ4v) is 3.38. The van der Waals surface area contributed by atoms with Gasteiger partial charge < -0.3 is 9.47 Å². The maximum absolute atomic E-state index is 5.78. The van der Waals surface area contributed by atoms with Gasteiger partial charge in [-0.15, -0.1) is 11.3 Å². The number of nitrogens with one attached hydrogen (secondary N) is 1. The van der Waals surface area contributed by atoms with Crippen molar-refractivity contribution in [3.63, 3.8) is 0 Å². The van der Waals surface area contributed by atoms with Crippen molar-refractivity contribution in [2.24, 2.45) is 5.84 Å². The highest BCUT2D eigenvalue weighted by atomic mass is 32.1. The van der Waals surface area contributed by atoms with E-state index in [4.69, 9.17) is 15.3 Å². The molecular weight excluding hydrogens is 248 g/mol. The van der Waals surface area contributed by atoms with E-state index < -0.39 is 0 Å². The molecule has 1 atom stereocenters. The van der Waals surface area contributed by atoms with Gasteiger partial charge in [0.2, 0.25) is 0 Å². The minimum Gasteiger partial charge on any atom is -0.381 e. The Hall–Kier alpha value is -0.460. The van der Waals surface area contributed by atoms with Crippen molar-refractivity contribution in [1.29, 1.82) is 0 Å². The molecule has 0 aromatic carbocycles. The van der Waals surface area contributed by atoms with Crippen molar-refractivity contribution in [1.82, 2.24) is 5.43 Å². The molecule has 4 nitrogen and oxygen atoms in total. The lowest BCUT2D eigenvalue weighted by Crippen LogP contribution is -2.57. The van der Waals surface area contributed by atoms with Gasteiger partial charge >= 0.3 is 0 Å². The Balaban J connectivity index is 1.97. The van der Waals surface area contributed by atoms with Gasteiger partial charge in [-0.05, 0) is 24.3 Å². The summed E-state index contributed by atoms with van der Waals surface area (Å²) in [6.45, 7) is 1.51. The number of ether oxygens (including phenoxy) is 2. The largest absolute Gasteiger partial charge is 0.381 e. The molecule has 1 unspecified atom stereocenters. The standard InChI is InChI=1S/C13H22N2O2S/c1-16-13(6-8-17-9-7-13)12(15-14)5-4-11-3-2-10-18-11/h2-3,10,12,15H,4-9,14H2,1H3. The lowest BCUT2D eigenvalue weighted by molar-refractivity contribution is -0.111. The molecule has 0 spiro atoms. The number of methoxy groups -OCH3 is 1. The van der Waals surface area contributed by atoms with Crippen LogP contribution in [0.25, 0.3) is 0 Å². The van der Waals surface area contributed by atoms with Crippen LogP contribution < -0.4 is 11.3 Å². The average molecular weight is 270 g/mol. The molecule has 1 aromatic rings. The van der Waals surface area contributed by atoms with Crippen LogP contribution in [0.15, 0.2) is 17.5 Å². The number of aryl methyl sites for hydroxylation is 1. The number of hydrazine groups is 1. The summed E-state index contributed by atoms with van der Waals surface area (Å²) in [6.07, 6.45) is 3.84. The van der Waals surface area contributed by atoms with E-state index in [1.54, 1.807) is 18.4 Å². The second-order valence-corrected chi connectivity index (χ2v) is 5.75. The Morgan fingerprint density at radius 1 is 1.56 bits per heavy atom. The van der Waals surface area contributed by atoms with Gasteiger partial charge in [-0.2, -0.15) is 0 Å². The molecule has 5 heteroatoms. The van der Waals surface area contributed by atoms with Crippen LogP contribution in [-0.2, 0) is 15.9 Å². The van der Waals surface area contributed by atoms with Gasteiger partial charge in [0.05, 0.1) is 11.6 Å². The van der Waals surface area contributed by atoms with Crippen LogP contribution >= 0.6 is 11.3 Å². The lowest BCUT2D eigenvalue weighted by atomic mass is 9.84. The molecule has 0 bridgehead atoms. The molecule has 1 aromatic heterocycles. The minimum atomic E-state index is -0.176. The summed E-state index contributed by atoms with van der Waals surface area (Å²) >= 11 is 1.79. The molecule has 1 aliphatic rings. The smallest absolute Gasteiger partial charge is 0.0888 e. The first-order valence-electron chi connectivity index (χ1n) is 6.42. The van der Waals surface area contributed by atoms with E-state index in [0.29, 0.717) is 0 Å². The zero-order chi connectivity index (χ0) is 12.8. The molecule has 0 aliphatic carbocycles. The highest BCUT2D eigenvalue weighted by molar-refractivity contribution is 7.09. The van der Waals surface area contributed by atoms with Gasteiger partial charge in [-0.25, -0.2) is 0 Å². The molecule has 0 saturated carbocycles. The second-order valence-electron chi connectivity index (χ2n) is 4.72. The molecule has 3 N–H and O–H groups in total. The fraction of sp³-hybridized carbons (Fsp3) is 0.692. The van der Waals surface area contributed by atoms with Gasteiger partial charge in [0, 0.05) is 38.0 Å². The van der Waals surface area contributed by atoms with Crippen LogP contribution in [0, 0.1) is 0 Å². The molecule has 1 aliphatic heterocycles. The average Bonchev–Trinajstić information content (AvgIpc) is 2.93. The van der Waals surface area contributed by atoms with Crippen LogP contribution in [0.1, 0.15) is 24.1 Å². The first-order chi connectivity index (χ1) is 8.80. The molecule has 0 radical (unpaired) electrons. The zero-order valence-electron chi connectivity index (χ0n) is 10.9. The van der Waals surface area contributed by atoms with Crippen molar-refractivity contribution in [3.05, 3.63) is 22.4 Å². The first kappa shape index (κ1) is 14.0. The summed E-state index contributed by atoms with van der Waals surface area (Å²) in [5.74, 6) is 5.74. The van der Waals surface area contributed by atoms with E-state index in [-0.39, 0.29) is 11.6 Å². The highest BCUT2D eigenvalue weighted by Crippen LogP contribution is 2.30. The van der Waals surface area contributed by atoms with E-state index in [9.17, 15) is 0 Å². The van der Waals surface area contributed by atoms with Gasteiger partial charge in [0.25, 0.3) is 0 Å². The summed E-state index contributed by atoms with van der Waals surface area (Å²) in [6, 6.07) is 4.43. The number of hydrogen-bond donors (Lipinski definition) is 2. The second kappa shape index (κ2) is 6.63. The Morgan fingerprint density at radius 3 is 2.89 bits per heavy atom. The van der Waals surface area contributed by atoms with Crippen molar-refractivity contribution in [3.8, 4) is 0 Å². The maximum atomic E-state index is 5.78. The lowest BCUT2D eigenvalue weighted by Gasteiger charge is -2.42. The maximum Gasteiger partial charge on any atom is 0.0888 e. The molecule has 0 amide bonds. The van der Waals surface area contributed by atoms with E-state index in [0.717, 1.165) is 38.9 Å². The van der Waals surface area contributed by atoms with Crippen molar-refractivity contribution in [2.45, 2.75) is 37.3 Å². The number of rotatable bonds is 6. The SMILES string of the molecule is COC1(C(CCc2cccs2)NN)CCOCC1. The van der Waals surface area contributed by atoms with E-state index in [1.807, 2.05) is 0 Å². The van der Waals surface area contributed by atoms with Gasteiger partial charge in [0.15, 0.2) is 0 Å². The number of thiophene rings is 1. The summed E-state index contributed by atoms with van der Waals surface area (Å²) in [5.41, 5.74) is 2.77. The Kier molecular flexibility index (Phi) is 5.14.